The molecule has 1 aromatic rings. The molecule has 1 saturated heterocycles. The van der Waals surface area contributed by atoms with Gasteiger partial charge < -0.3 is 10.6 Å². The summed E-state index contributed by atoms with van der Waals surface area (Å²) in [5.74, 6) is -1.28. The Hall–Kier alpha value is -1.81. The summed E-state index contributed by atoms with van der Waals surface area (Å²) in [5, 5.41) is 4.94. The Morgan fingerprint density at radius 1 is 1.32 bits per heavy atom. The van der Waals surface area contributed by atoms with E-state index in [-0.39, 0.29) is 30.1 Å². The number of halogens is 3. The number of amides is 1. The van der Waals surface area contributed by atoms with E-state index in [1.54, 1.807) is 0 Å². The molecular weight excluding hydrogens is 323 g/mol. The zero-order chi connectivity index (χ0) is 16.7. The summed E-state index contributed by atoms with van der Waals surface area (Å²) in [7, 11) is -3.73. The Morgan fingerprint density at radius 3 is 2.45 bits per heavy atom. The predicted octanol–water partition coefficient (Wildman–Crippen LogP) is 0.929. The number of rotatable bonds is 3. The maximum atomic E-state index is 12.6. The standard InChI is InChI=1S/C12H14F3N3O3S/c13-12(14,15)8-1-2-10(9(16)4-8)18-5-7(3-11(18)19)6-22(17,20)21/h1-2,4,7H,3,5-6,16H2,(H2,17,20,21). The van der Waals surface area contributed by atoms with Crippen molar-refractivity contribution < 1.29 is 26.4 Å². The van der Waals surface area contributed by atoms with Crippen molar-refractivity contribution >= 4 is 27.3 Å². The Morgan fingerprint density at radius 2 is 1.95 bits per heavy atom. The molecule has 1 heterocycles. The van der Waals surface area contributed by atoms with Crippen LogP contribution in [0.1, 0.15) is 12.0 Å². The van der Waals surface area contributed by atoms with Gasteiger partial charge in [-0.3, -0.25) is 4.79 Å². The molecule has 0 bridgehead atoms. The molecule has 1 aliphatic heterocycles. The molecule has 0 aliphatic carbocycles. The number of nitrogen functional groups attached to an aromatic ring is 1. The molecule has 1 amide bonds. The molecular formula is C12H14F3N3O3S. The third-order valence-corrected chi connectivity index (χ3v) is 4.25. The first-order valence-corrected chi connectivity index (χ1v) is 7.96. The third-order valence-electron chi connectivity index (χ3n) is 3.32. The van der Waals surface area contributed by atoms with Crippen molar-refractivity contribution in [2.24, 2.45) is 11.1 Å². The number of primary sulfonamides is 1. The van der Waals surface area contributed by atoms with E-state index in [1.807, 2.05) is 0 Å². The van der Waals surface area contributed by atoms with Crippen LogP contribution in [0.5, 0.6) is 0 Å². The zero-order valence-electron chi connectivity index (χ0n) is 11.3. The highest BCUT2D eigenvalue weighted by Gasteiger charge is 2.35. The van der Waals surface area contributed by atoms with Gasteiger partial charge in [-0.1, -0.05) is 0 Å². The van der Waals surface area contributed by atoms with E-state index in [1.165, 1.54) is 4.90 Å². The Kier molecular flexibility index (Phi) is 4.09. The van der Waals surface area contributed by atoms with Gasteiger partial charge in [0, 0.05) is 18.9 Å². The van der Waals surface area contributed by atoms with Gasteiger partial charge in [0.2, 0.25) is 15.9 Å². The maximum Gasteiger partial charge on any atom is 0.416 e. The second-order valence-electron chi connectivity index (χ2n) is 5.18. The number of hydrogen-bond acceptors (Lipinski definition) is 4. The fraction of sp³-hybridized carbons (Fsp3) is 0.417. The highest BCUT2D eigenvalue weighted by atomic mass is 32.2. The average Bonchev–Trinajstić information content (AvgIpc) is 2.66. The number of hydrogen-bond donors (Lipinski definition) is 2. The van der Waals surface area contributed by atoms with E-state index in [0.29, 0.717) is 0 Å². The van der Waals surface area contributed by atoms with Crippen molar-refractivity contribution in [2.45, 2.75) is 12.6 Å². The van der Waals surface area contributed by atoms with Crippen molar-refractivity contribution in [1.29, 1.82) is 0 Å². The number of nitrogens with zero attached hydrogens (tertiary/aromatic N) is 1. The van der Waals surface area contributed by atoms with Crippen LogP contribution in [0.3, 0.4) is 0 Å². The van der Waals surface area contributed by atoms with E-state index >= 15 is 0 Å². The SMILES string of the molecule is Nc1cc(C(F)(F)F)ccc1N1CC(CS(N)(=O)=O)CC1=O. The van der Waals surface area contributed by atoms with Crippen LogP contribution in [0.15, 0.2) is 18.2 Å². The lowest BCUT2D eigenvalue weighted by Gasteiger charge is -2.20. The topological polar surface area (TPSA) is 106 Å². The molecule has 1 atom stereocenters. The van der Waals surface area contributed by atoms with Crippen molar-refractivity contribution in [3.63, 3.8) is 0 Å². The Balaban J connectivity index is 2.24. The quantitative estimate of drug-likeness (QED) is 0.800. The summed E-state index contributed by atoms with van der Waals surface area (Å²) in [4.78, 5) is 13.1. The zero-order valence-corrected chi connectivity index (χ0v) is 12.1. The smallest absolute Gasteiger partial charge is 0.397 e. The molecule has 0 saturated carbocycles. The summed E-state index contributed by atoms with van der Waals surface area (Å²) in [5.41, 5.74) is 4.62. The van der Waals surface area contributed by atoms with Crippen LogP contribution in [-0.4, -0.2) is 26.6 Å². The van der Waals surface area contributed by atoms with Gasteiger partial charge in [0.25, 0.3) is 0 Å². The van der Waals surface area contributed by atoms with E-state index < -0.39 is 33.6 Å². The lowest BCUT2D eigenvalue weighted by atomic mass is 10.1. The number of benzene rings is 1. The number of sulfonamides is 1. The molecule has 2 rings (SSSR count). The molecule has 1 aliphatic rings. The molecule has 0 spiro atoms. The molecule has 6 nitrogen and oxygen atoms in total. The van der Waals surface area contributed by atoms with Gasteiger partial charge >= 0.3 is 6.18 Å². The molecule has 1 aromatic carbocycles. The van der Waals surface area contributed by atoms with Crippen molar-refractivity contribution in [3.05, 3.63) is 23.8 Å². The van der Waals surface area contributed by atoms with E-state index in [4.69, 9.17) is 10.9 Å². The molecule has 1 fully saturated rings. The van der Waals surface area contributed by atoms with Gasteiger partial charge in [0.05, 0.1) is 22.7 Å². The number of anilines is 2. The molecule has 0 radical (unpaired) electrons. The van der Waals surface area contributed by atoms with Gasteiger partial charge in [-0.15, -0.1) is 0 Å². The number of carbonyl (C=O) groups is 1. The minimum absolute atomic E-state index is 0.0447. The van der Waals surface area contributed by atoms with Crippen LogP contribution in [0.25, 0.3) is 0 Å². The largest absolute Gasteiger partial charge is 0.416 e. The van der Waals surface area contributed by atoms with Crippen LogP contribution < -0.4 is 15.8 Å². The van der Waals surface area contributed by atoms with Crippen LogP contribution in [-0.2, 0) is 21.0 Å². The molecule has 10 heteroatoms. The Labute approximate surface area is 124 Å². The van der Waals surface area contributed by atoms with E-state index in [2.05, 4.69) is 0 Å². The summed E-state index contributed by atoms with van der Waals surface area (Å²) in [6.45, 7) is 0.0465. The van der Waals surface area contributed by atoms with E-state index in [0.717, 1.165) is 18.2 Å². The second-order valence-corrected chi connectivity index (χ2v) is 6.83. The average molecular weight is 337 g/mol. The normalized spacial score (nSPS) is 19.7. The number of nitrogens with two attached hydrogens (primary N) is 2. The lowest BCUT2D eigenvalue weighted by Crippen LogP contribution is -2.28. The van der Waals surface area contributed by atoms with Gasteiger partial charge in [-0.25, -0.2) is 13.6 Å². The number of alkyl halides is 3. The van der Waals surface area contributed by atoms with Crippen molar-refractivity contribution in [3.8, 4) is 0 Å². The highest BCUT2D eigenvalue weighted by molar-refractivity contribution is 7.89. The minimum Gasteiger partial charge on any atom is -0.397 e. The summed E-state index contributed by atoms with van der Waals surface area (Å²) in [6, 6.07) is 2.68. The van der Waals surface area contributed by atoms with Crippen LogP contribution in [0.2, 0.25) is 0 Å². The fourth-order valence-corrected chi connectivity index (χ4v) is 3.31. The summed E-state index contributed by atoms with van der Waals surface area (Å²) >= 11 is 0. The number of carbonyl (C=O) groups excluding carboxylic acids is 1. The van der Waals surface area contributed by atoms with Crippen molar-refractivity contribution in [1.82, 2.24) is 0 Å². The van der Waals surface area contributed by atoms with Gasteiger partial charge in [0.1, 0.15) is 0 Å². The summed E-state index contributed by atoms with van der Waals surface area (Å²) < 4.78 is 59.9. The fourth-order valence-electron chi connectivity index (χ4n) is 2.43. The molecule has 0 aromatic heterocycles. The minimum atomic E-state index is -4.53. The molecule has 1 unspecified atom stereocenters. The van der Waals surface area contributed by atoms with Crippen LogP contribution >= 0.6 is 0 Å². The van der Waals surface area contributed by atoms with Gasteiger partial charge in [-0.05, 0) is 18.2 Å². The van der Waals surface area contributed by atoms with Gasteiger partial charge in [-0.2, -0.15) is 13.2 Å². The highest BCUT2D eigenvalue weighted by Crippen LogP contribution is 2.36. The monoisotopic (exact) mass is 337 g/mol. The third kappa shape index (κ3) is 3.69. The Bertz CT molecular complexity index is 703. The second kappa shape index (κ2) is 5.43. The molecule has 122 valence electrons. The van der Waals surface area contributed by atoms with Gasteiger partial charge in [0.15, 0.2) is 0 Å². The first-order chi connectivity index (χ1) is 9.97. The predicted molar refractivity (Wildman–Crippen MR) is 74.3 cm³/mol. The van der Waals surface area contributed by atoms with E-state index in [9.17, 15) is 26.4 Å². The van der Waals surface area contributed by atoms with Crippen LogP contribution in [0.4, 0.5) is 24.5 Å². The first kappa shape index (κ1) is 16.6. The molecule has 22 heavy (non-hydrogen) atoms. The summed E-state index contributed by atoms with van der Waals surface area (Å²) in [6.07, 6.45) is -4.57. The first-order valence-electron chi connectivity index (χ1n) is 6.25. The van der Waals surface area contributed by atoms with Crippen molar-refractivity contribution in [2.75, 3.05) is 22.9 Å². The van der Waals surface area contributed by atoms with Crippen LogP contribution in [0, 0.1) is 5.92 Å². The lowest BCUT2D eigenvalue weighted by molar-refractivity contribution is -0.137. The maximum absolute atomic E-state index is 12.6. The molecule has 4 N–H and O–H groups in total.